The summed E-state index contributed by atoms with van der Waals surface area (Å²) in [7, 11) is 1.73. The van der Waals surface area contributed by atoms with Crippen LogP contribution in [0.3, 0.4) is 0 Å². The number of hydrogen-bond acceptors (Lipinski definition) is 4. The number of ether oxygens (including phenoxy) is 1. The highest BCUT2D eigenvalue weighted by atomic mass is 16.5. The second-order valence-electron chi connectivity index (χ2n) is 5.18. The van der Waals surface area contributed by atoms with Gasteiger partial charge in [-0.25, -0.2) is 0 Å². The molecule has 0 saturated heterocycles. The summed E-state index contributed by atoms with van der Waals surface area (Å²) in [5, 5.41) is 11.5. The van der Waals surface area contributed by atoms with Crippen LogP contribution >= 0.6 is 0 Å². The number of hydrogen-bond donors (Lipinski definition) is 2. The van der Waals surface area contributed by atoms with E-state index in [2.05, 4.69) is 37.8 Å². The number of nitrogens with zero attached hydrogens (tertiary/aromatic N) is 2. The van der Waals surface area contributed by atoms with Crippen LogP contribution in [0.15, 0.2) is 5.16 Å². The summed E-state index contributed by atoms with van der Waals surface area (Å²) in [4.78, 5) is 2.30. The van der Waals surface area contributed by atoms with Crippen molar-refractivity contribution in [1.82, 2.24) is 4.90 Å². The Balaban J connectivity index is 4.17. The van der Waals surface area contributed by atoms with E-state index in [-0.39, 0.29) is 11.4 Å². The van der Waals surface area contributed by atoms with Crippen molar-refractivity contribution < 1.29 is 9.94 Å². The minimum Gasteiger partial charge on any atom is -0.409 e. The Morgan fingerprint density at radius 2 is 2.00 bits per heavy atom. The van der Waals surface area contributed by atoms with Gasteiger partial charge in [0, 0.05) is 32.7 Å². The number of methoxy groups -OCH3 is 1. The summed E-state index contributed by atoms with van der Waals surface area (Å²) in [5.41, 5.74) is 5.37. The van der Waals surface area contributed by atoms with Crippen LogP contribution < -0.4 is 5.73 Å². The molecule has 0 fully saturated rings. The molecule has 0 bridgehead atoms. The molecule has 0 spiro atoms. The van der Waals surface area contributed by atoms with Gasteiger partial charge in [0.05, 0.1) is 5.60 Å². The second-order valence-corrected chi connectivity index (χ2v) is 5.18. The Kier molecular flexibility index (Phi) is 7.15. The van der Waals surface area contributed by atoms with Gasteiger partial charge >= 0.3 is 0 Å². The predicted octanol–water partition coefficient (Wildman–Crippen LogP) is 1.65. The molecule has 0 saturated carbocycles. The van der Waals surface area contributed by atoms with E-state index < -0.39 is 0 Å². The van der Waals surface area contributed by atoms with Crippen LogP contribution in [0.25, 0.3) is 0 Å². The molecule has 17 heavy (non-hydrogen) atoms. The molecule has 0 aromatic carbocycles. The van der Waals surface area contributed by atoms with Crippen LogP contribution in [0.1, 0.15) is 40.5 Å². The van der Waals surface area contributed by atoms with Crippen molar-refractivity contribution in [3.8, 4) is 0 Å². The lowest BCUT2D eigenvalue weighted by Gasteiger charge is -2.30. The standard InChI is InChI=1S/C12H27N3O2/c1-10(2)15(8-6-11(13)14-16)9-7-12(3,4)17-5/h10,16H,6-9H2,1-5H3,(H2,13,14). The average molecular weight is 245 g/mol. The van der Waals surface area contributed by atoms with Crippen LogP contribution in [0.2, 0.25) is 0 Å². The van der Waals surface area contributed by atoms with Gasteiger partial charge in [0.2, 0.25) is 0 Å². The summed E-state index contributed by atoms with van der Waals surface area (Å²) in [6.07, 6.45) is 1.54. The van der Waals surface area contributed by atoms with Gasteiger partial charge in [-0.2, -0.15) is 0 Å². The van der Waals surface area contributed by atoms with Gasteiger partial charge in [-0.15, -0.1) is 0 Å². The first-order valence-corrected chi connectivity index (χ1v) is 6.08. The van der Waals surface area contributed by atoms with Crippen LogP contribution in [-0.2, 0) is 4.74 Å². The first-order chi connectivity index (χ1) is 7.82. The minimum atomic E-state index is -0.107. The Hall–Kier alpha value is -0.810. The zero-order valence-corrected chi connectivity index (χ0v) is 11.7. The SMILES string of the molecule is COC(C)(C)CCN(CCC(N)=NO)C(C)C. The minimum absolute atomic E-state index is 0.107. The smallest absolute Gasteiger partial charge is 0.140 e. The molecule has 0 unspecified atom stereocenters. The number of rotatable bonds is 8. The van der Waals surface area contributed by atoms with E-state index in [1.54, 1.807) is 7.11 Å². The number of oxime groups is 1. The molecule has 0 aliphatic carbocycles. The molecule has 3 N–H and O–H groups in total. The molecule has 0 rings (SSSR count). The highest BCUT2D eigenvalue weighted by Crippen LogP contribution is 2.14. The predicted molar refractivity (Wildman–Crippen MR) is 70.4 cm³/mol. The van der Waals surface area contributed by atoms with E-state index >= 15 is 0 Å². The molecule has 0 aromatic heterocycles. The summed E-state index contributed by atoms with van der Waals surface area (Å²) < 4.78 is 5.40. The maximum atomic E-state index is 8.51. The summed E-state index contributed by atoms with van der Waals surface area (Å²) >= 11 is 0. The van der Waals surface area contributed by atoms with Gasteiger partial charge in [0.15, 0.2) is 0 Å². The van der Waals surface area contributed by atoms with Crippen LogP contribution in [0.4, 0.5) is 0 Å². The van der Waals surface area contributed by atoms with Crippen LogP contribution in [0, 0.1) is 0 Å². The fourth-order valence-electron chi connectivity index (χ4n) is 1.45. The van der Waals surface area contributed by atoms with Gasteiger partial charge in [-0.1, -0.05) is 5.16 Å². The topological polar surface area (TPSA) is 71.1 Å². The zero-order chi connectivity index (χ0) is 13.5. The third kappa shape index (κ3) is 7.18. The monoisotopic (exact) mass is 245 g/mol. The quantitative estimate of drug-likeness (QED) is 0.295. The summed E-state index contributed by atoms with van der Waals surface area (Å²) in [6.45, 7) is 10.2. The van der Waals surface area contributed by atoms with E-state index in [1.807, 2.05) is 0 Å². The van der Waals surface area contributed by atoms with E-state index in [4.69, 9.17) is 15.7 Å². The van der Waals surface area contributed by atoms with Gasteiger partial charge in [-0.3, -0.25) is 0 Å². The van der Waals surface area contributed by atoms with Crippen molar-refractivity contribution in [2.45, 2.75) is 52.2 Å². The summed E-state index contributed by atoms with van der Waals surface area (Å²) in [5.74, 6) is 0.279. The number of amidine groups is 1. The molecule has 5 heteroatoms. The fraction of sp³-hybridized carbons (Fsp3) is 0.917. The molecular formula is C12H27N3O2. The van der Waals surface area contributed by atoms with Crippen molar-refractivity contribution in [1.29, 1.82) is 0 Å². The molecule has 0 aliphatic heterocycles. The molecule has 5 nitrogen and oxygen atoms in total. The maximum Gasteiger partial charge on any atom is 0.140 e. The third-order valence-corrected chi connectivity index (χ3v) is 3.07. The van der Waals surface area contributed by atoms with Crippen molar-refractivity contribution in [3.63, 3.8) is 0 Å². The molecule has 0 aromatic rings. The van der Waals surface area contributed by atoms with Crippen LogP contribution in [0.5, 0.6) is 0 Å². The molecule has 102 valence electrons. The van der Waals surface area contributed by atoms with Gasteiger partial charge in [0.25, 0.3) is 0 Å². The largest absolute Gasteiger partial charge is 0.409 e. The molecule has 0 amide bonds. The molecule has 0 radical (unpaired) electrons. The highest BCUT2D eigenvalue weighted by molar-refractivity contribution is 5.79. The maximum absolute atomic E-state index is 8.51. The Labute approximate surface area is 105 Å². The third-order valence-electron chi connectivity index (χ3n) is 3.07. The Morgan fingerprint density at radius 3 is 2.41 bits per heavy atom. The van der Waals surface area contributed by atoms with Crippen molar-refractivity contribution in [3.05, 3.63) is 0 Å². The Bertz CT molecular complexity index is 240. The van der Waals surface area contributed by atoms with Gasteiger partial charge in [0.1, 0.15) is 5.84 Å². The van der Waals surface area contributed by atoms with E-state index in [0.29, 0.717) is 12.5 Å². The first-order valence-electron chi connectivity index (χ1n) is 6.08. The van der Waals surface area contributed by atoms with Crippen LogP contribution in [-0.4, -0.2) is 47.8 Å². The second kappa shape index (κ2) is 7.50. The van der Waals surface area contributed by atoms with Crippen molar-refractivity contribution >= 4 is 5.84 Å². The molecule has 0 aliphatic rings. The van der Waals surface area contributed by atoms with Crippen molar-refractivity contribution in [2.75, 3.05) is 20.2 Å². The lowest BCUT2D eigenvalue weighted by molar-refractivity contribution is 0.00532. The zero-order valence-electron chi connectivity index (χ0n) is 11.7. The number of nitrogens with two attached hydrogens (primary N) is 1. The normalized spacial score (nSPS) is 13.7. The van der Waals surface area contributed by atoms with Crippen molar-refractivity contribution in [2.24, 2.45) is 10.9 Å². The highest BCUT2D eigenvalue weighted by Gasteiger charge is 2.19. The van der Waals surface area contributed by atoms with E-state index in [1.165, 1.54) is 0 Å². The first kappa shape index (κ1) is 16.2. The molecule has 0 atom stereocenters. The fourth-order valence-corrected chi connectivity index (χ4v) is 1.45. The van der Waals surface area contributed by atoms with Gasteiger partial charge in [-0.05, 0) is 34.1 Å². The summed E-state index contributed by atoms with van der Waals surface area (Å²) in [6, 6.07) is 0.439. The van der Waals surface area contributed by atoms with Gasteiger partial charge < -0.3 is 20.6 Å². The van der Waals surface area contributed by atoms with E-state index in [9.17, 15) is 0 Å². The molecule has 0 heterocycles. The lowest BCUT2D eigenvalue weighted by Crippen LogP contribution is -2.38. The molecular weight excluding hydrogens is 218 g/mol. The average Bonchev–Trinajstić information content (AvgIpc) is 2.28. The van der Waals surface area contributed by atoms with E-state index in [0.717, 1.165) is 19.5 Å². The lowest BCUT2D eigenvalue weighted by atomic mass is 10.0. The Morgan fingerprint density at radius 1 is 1.41 bits per heavy atom.